The third kappa shape index (κ3) is 16.0. The summed E-state index contributed by atoms with van der Waals surface area (Å²) in [4.78, 5) is 52.9. The number of nitrogens with one attached hydrogen (secondary N) is 2. The molecule has 2 N–H and O–H groups in total. The van der Waals surface area contributed by atoms with Crippen LogP contribution in [0.25, 0.3) is 0 Å². The van der Waals surface area contributed by atoms with Gasteiger partial charge in [-0.05, 0) is 102 Å². The highest BCUT2D eigenvalue weighted by molar-refractivity contribution is 6.75. The van der Waals surface area contributed by atoms with Crippen molar-refractivity contribution in [2.45, 2.75) is 175 Å². The van der Waals surface area contributed by atoms with Crippen LogP contribution in [0.3, 0.4) is 0 Å². The lowest BCUT2D eigenvalue weighted by atomic mass is 10.0. The van der Waals surface area contributed by atoms with Gasteiger partial charge in [-0.1, -0.05) is 61.0 Å². The van der Waals surface area contributed by atoms with Gasteiger partial charge in [-0.2, -0.15) is 0 Å². The Morgan fingerprint density at radius 3 is 1.69 bits per heavy atom. The summed E-state index contributed by atoms with van der Waals surface area (Å²) in [6.45, 7) is 34.0. The number of amides is 2. The maximum absolute atomic E-state index is 13.8. The Morgan fingerprint density at radius 2 is 1.22 bits per heavy atom. The Kier molecular flexibility index (Phi) is 15.9. The molecule has 0 spiro atoms. The number of unbranched alkanes of at least 4 members (excludes halogenated alkanes) is 1. The average Bonchev–Trinajstić information content (AvgIpc) is 2.90. The summed E-state index contributed by atoms with van der Waals surface area (Å²) in [5.41, 5.74) is -0.971. The second kappa shape index (κ2) is 17.6. The first-order valence-electron chi connectivity index (χ1n) is 18.1. The maximum atomic E-state index is 13.8. The van der Waals surface area contributed by atoms with E-state index in [-0.39, 0.29) is 23.1 Å². The van der Waals surface area contributed by atoms with Crippen molar-refractivity contribution in [1.82, 2.24) is 10.6 Å². The third-order valence-electron chi connectivity index (χ3n) is 8.93. The molecule has 0 saturated carbocycles. The van der Waals surface area contributed by atoms with Crippen LogP contribution in [0.4, 0.5) is 4.79 Å². The number of ether oxygens (including phenoxy) is 3. The van der Waals surface area contributed by atoms with E-state index in [1.165, 1.54) is 0 Å². The molecule has 0 radical (unpaired) electrons. The van der Waals surface area contributed by atoms with Gasteiger partial charge in [0.2, 0.25) is 5.91 Å². The Morgan fingerprint density at radius 1 is 0.706 bits per heavy atom. The van der Waals surface area contributed by atoms with E-state index in [1.807, 2.05) is 25.1 Å². The predicted octanol–water partition coefficient (Wildman–Crippen LogP) is 8.45. The van der Waals surface area contributed by atoms with Crippen LogP contribution in [0, 0.1) is 0 Å². The summed E-state index contributed by atoms with van der Waals surface area (Å²) in [7, 11) is -4.59. The highest BCUT2D eigenvalue weighted by Gasteiger charge is 2.42. The molecule has 292 valence electrons. The number of carbonyl (C=O) groups excluding carboxylic acids is 4. The summed E-state index contributed by atoms with van der Waals surface area (Å²) in [5.74, 6) is -0.883. The summed E-state index contributed by atoms with van der Waals surface area (Å²) in [5, 5.41) is 5.08. The molecule has 0 saturated heterocycles. The predicted molar refractivity (Wildman–Crippen MR) is 207 cm³/mol. The van der Waals surface area contributed by atoms with E-state index in [4.69, 9.17) is 23.1 Å². The van der Waals surface area contributed by atoms with E-state index in [0.717, 1.165) is 6.42 Å². The van der Waals surface area contributed by atoms with Gasteiger partial charge in [0, 0.05) is 6.42 Å². The standard InChI is InChI=1S/C38H68N2O9Si2/c1-18-19-22-45-33(43)28(39-32(42)27(25-31(41)46-35(2,3)4)40-34(44)47-36(5,6)7)23-26-20-21-29(48-50(14,15)37(8,9)10)30(24-26)49-51(16,17)38(11,12)13/h20-21,24,27-28H,18-19,22-23,25H2,1-17H3,(H,39,42)(H,40,44)/t27-,28-/m0/s1. The van der Waals surface area contributed by atoms with Crippen LogP contribution in [0.15, 0.2) is 18.2 Å². The van der Waals surface area contributed by atoms with Gasteiger partial charge in [-0.3, -0.25) is 9.59 Å². The number of benzene rings is 1. The lowest BCUT2D eigenvalue weighted by molar-refractivity contribution is -0.156. The fourth-order valence-electron chi connectivity index (χ4n) is 4.03. The molecule has 0 fully saturated rings. The number of carbonyl (C=O) groups is 4. The molecule has 1 aromatic carbocycles. The zero-order valence-corrected chi connectivity index (χ0v) is 36.6. The Balaban J connectivity index is 3.63. The molecule has 2 atom stereocenters. The quantitative estimate of drug-likeness (QED) is 0.0782. The highest BCUT2D eigenvalue weighted by atomic mass is 28.4. The van der Waals surface area contributed by atoms with Crippen molar-refractivity contribution in [3.63, 3.8) is 0 Å². The fourth-order valence-corrected chi connectivity index (χ4v) is 6.07. The molecule has 13 heteroatoms. The zero-order chi connectivity index (χ0) is 39.8. The second-order valence-corrected chi connectivity index (χ2v) is 27.7. The van der Waals surface area contributed by atoms with Gasteiger partial charge < -0.3 is 33.7 Å². The first-order valence-corrected chi connectivity index (χ1v) is 23.9. The molecule has 51 heavy (non-hydrogen) atoms. The largest absolute Gasteiger partial charge is 0.541 e. The van der Waals surface area contributed by atoms with Gasteiger partial charge in [0.05, 0.1) is 13.0 Å². The van der Waals surface area contributed by atoms with Crippen molar-refractivity contribution < 1.29 is 42.2 Å². The van der Waals surface area contributed by atoms with Gasteiger partial charge in [-0.15, -0.1) is 0 Å². The van der Waals surface area contributed by atoms with E-state index in [9.17, 15) is 19.2 Å². The van der Waals surface area contributed by atoms with E-state index < -0.39 is 70.3 Å². The molecule has 0 aliphatic heterocycles. The van der Waals surface area contributed by atoms with E-state index >= 15 is 0 Å². The summed E-state index contributed by atoms with van der Waals surface area (Å²) in [6.07, 6.45) is 0.141. The number of hydrogen-bond donors (Lipinski definition) is 2. The topological polar surface area (TPSA) is 138 Å². The molecule has 1 rings (SSSR count). The third-order valence-corrected chi connectivity index (χ3v) is 17.6. The number of alkyl carbamates (subject to hydrolysis) is 1. The van der Waals surface area contributed by atoms with E-state index in [1.54, 1.807) is 41.5 Å². The summed E-state index contributed by atoms with van der Waals surface area (Å²) in [6, 6.07) is 3.06. The van der Waals surface area contributed by atoms with Crippen molar-refractivity contribution in [3.8, 4) is 11.5 Å². The average molecular weight is 753 g/mol. The second-order valence-electron chi connectivity index (χ2n) is 18.3. The van der Waals surface area contributed by atoms with Gasteiger partial charge >= 0.3 is 18.0 Å². The van der Waals surface area contributed by atoms with Gasteiger partial charge in [0.15, 0.2) is 0 Å². The van der Waals surface area contributed by atoms with Crippen molar-refractivity contribution in [2.24, 2.45) is 0 Å². The molecule has 11 nitrogen and oxygen atoms in total. The first-order chi connectivity index (χ1) is 22.9. The lowest BCUT2D eigenvalue weighted by Gasteiger charge is -2.39. The van der Waals surface area contributed by atoms with Crippen molar-refractivity contribution in [2.75, 3.05) is 6.61 Å². The van der Waals surface area contributed by atoms with Crippen LogP contribution in [-0.4, -0.2) is 70.5 Å². The summed E-state index contributed by atoms with van der Waals surface area (Å²) >= 11 is 0. The molecule has 0 heterocycles. The van der Waals surface area contributed by atoms with E-state index in [0.29, 0.717) is 23.5 Å². The molecular weight excluding hydrogens is 685 g/mol. The van der Waals surface area contributed by atoms with E-state index in [2.05, 4.69) is 78.4 Å². The number of hydrogen-bond acceptors (Lipinski definition) is 9. The lowest BCUT2D eigenvalue weighted by Crippen LogP contribution is -2.54. The normalized spacial score (nSPS) is 14.1. The fraction of sp³-hybridized carbons (Fsp3) is 0.737. The van der Waals surface area contributed by atoms with Crippen LogP contribution in [0.2, 0.25) is 36.3 Å². The molecule has 0 aliphatic rings. The number of rotatable bonds is 15. The minimum atomic E-state index is -2.33. The maximum Gasteiger partial charge on any atom is 0.408 e. The molecule has 0 aliphatic carbocycles. The highest BCUT2D eigenvalue weighted by Crippen LogP contribution is 2.44. The molecule has 0 bridgehead atoms. The van der Waals surface area contributed by atoms with Crippen LogP contribution in [0.5, 0.6) is 11.5 Å². The van der Waals surface area contributed by atoms with Crippen molar-refractivity contribution >= 4 is 40.6 Å². The molecular formula is C38H68N2O9Si2. The monoisotopic (exact) mass is 752 g/mol. The SMILES string of the molecule is CCCCOC(=O)[C@H](Cc1ccc(O[Si](C)(C)C(C)(C)C)c(O[Si](C)(C)C(C)(C)C)c1)NC(=O)[C@H](CC(=O)OC(C)(C)C)NC(=O)OC(C)(C)C. The van der Waals surface area contributed by atoms with Crippen LogP contribution >= 0.6 is 0 Å². The van der Waals surface area contributed by atoms with Crippen LogP contribution < -0.4 is 19.5 Å². The first kappa shape index (κ1) is 46.0. The molecule has 0 unspecified atom stereocenters. The van der Waals surface area contributed by atoms with Gasteiger partial charge in [0.1, 0.15) is 34.8 Å². The van der Waals surface area contributed by atoms with Crippen LogP contribution in [-0.2, 0) is 35.0 Å². The summed E-state index contributed by atoms with van der Waals surface area (Å²) < 4.78 is 29.9. The Bertz CT molecular complexity index is 1320. The number of esters is 2. The van der Waals surface area contributed by atoms with Crippen LogP contribution in [0.1, 0.15) is 115 Å². The Hall–Kier alpha value is -3.07. The molecule has 0 aromatic heterocycles. The molecule has 1 aromatic rings. The Labute approximate surface area is 309 Å². The van der Waals surface area contributed by atoms with Crippen molar-refractivity contribution in [3.05, 3.63) is 23.8 Å². The molecule has 2 amide bonds. The zero-order valence-electron chi connectivity index (χ0n) is 34.6. The minimum absolute atomic E-state index is 0.0521. The smallest absolute Gasteiger partial charge is 0.408 e. The van der Waals surface area contributed by atoms with Gasteiger partial charge in [-0.25, -0.2) is 9.59 Å². The minimum Gasteiger partial charge on any atom is -0.541 e. The van der Waals surface area contributed by atoms with Crippen molar-refractivity contribution in [1.29, 1.82) is 0 Å². The van der Waals surface area contributed by atoms with Gasteiger partial charge in [0.25, 0.3) is 16.6 Å².